The maximum atomic E-state index is 13.3. The summed E-state index contributed by atoms with van der Waals surface area (Å²) in [4.78, 5) is 28.0. The average molecular weight is 512 g/mol. The Bertz CT molecular complexity index is 946. The van der Waals surface area contributed by atoms with Crippen LogP contribution in [0.5, 0.6) is 5.75 Å². The smallest absolute Gasteiger partial charge is 0.261 e. The third-order valence-electron chi connectivity index (χ3n) is 5.87. The van der Waals surface area contributed by atoms with Gasteiger partial charge in [-0.05, 0) is 61.2 Å². The van der Waals surface area contributed by atoms with Gasteiger partial charge in [-0.2, -0.15) is 0 Å². The molecule has 1 fully saturated rings. The van der Waals surface area contributed by atoms with Gasteiger partial charge in [0.2, 0.25) is 5.91 Å². The van der Waals surface area contributed by atoms with Crippen LogP contribution in [-0.4, -0.2) is 35.4 Å². The van der Waals surface area contributed by atoms with E-state index in [2.05, 4.69) is 5.32 Å². The average Bonchev–Trinajstić information content (AvgIpc) is 2.80. The van der Waals surface area contributed by atoms with Crippen molar-refractivity contribution in [2.24, 2.45) is 0 Å². The van der Waals surface area contributed by atoms with Crippen LogP contribution in [0.25, 0.3) is 0 Å². The van der Waals surface area contributed by atoms with Crippen molar-refractivity contribution in [1.29, 1.82) is 0 Å². The van der Waals surface area contributed by atoms with E-state index in [0.717, 1.165) is 25.7 Å². The largest absolute Gasteiger partial charge is 0.484 e. The van der Waals surface area contributed by atoms with Crippen molar-refractivity contribution in [2.75, 3.05) is 6.61 Å². The third kappa shape index (κ3) is 7.53. The molecule has 178 valence electrons. The van der Waals surface area contributed by atoms with Gasteiger partial charge in [-0.15, -0.1) is 0 Å². The van der Waals surface area contributed by atoms with Crippen molar-refractivity contribution in [1.82, 2.24) is 10.2 Å². The molecule has 1 atom stereocenters. The van der Waals surface area contributed by atoms with Crippen LogP contribution in [0.3, 0.4) is 0 Å². The predicted octanol–water partition coefficient (Wildman–Crippen LogP) is 6.28. The van der Waals surface area contributed by atoms with Crippen LogP contribution in [0, 0.1) is 0 Å². The molecule has 1 aliphatic carbocycles. The van der Waals surface area contributed by atoms with Gasteiger partial charge in [-0.3, -0.25) is 9.59 Å². The van der Waals surface area contributed by atoms with Crippen LogP contribution < -0.4 is 10.1 Å². The lowest BCUT2D eigenvalue weighted by Crippen LogP contribution is -2.52. The van der Waals surface area contributed by atoms with E-state index in [9.17, 15) is 9.59 Å². The van der Waals surface area contributed by atoms with E-state index in [0.29, 0.717) is 32.8 Å². The molecule has 3 rings (SSSR count). The maximum Gasteiger partial charge on any atom is 0.261 e. The highest BCUT2D eigenvalue weighted by Crippen LogP contribution is 2.25. The van der Waals surface area contributed by atoms with Crippen molar-refractivity contribution >= 4 is 46.6 Å². The summed E-state index contributed by atoms with van der Waals surface area (Å²) < 4.78 is 5.68. The topological polar surface area (TPSA) is 58.6 Å². The number of amides is 2. The normalized spacial score (nSPS) is 15.0. The first-order chi connectivity index (χ1) is 15.9. The molecule has 1 N–H and O–H groups in total. The maximum absolute atomic E-state index is 13.3. The molecule has 8 heteroatoms. The van der Waals surface area contributed by atoms with Crippen molar-refractivity contribution < 1.29 is 14.3 Å². The predicted molar refractivity (Wildman–Crippen MR) is 133 cm³/mol. The monoisotopic (exact) mass is 510 g/mol. The van der Waals surface area contributed by atoms with Gasteiger partial charge in [0.05, 0.1) is 0 Å². The second kappa shape index (κ2) is 12.5. The number of nitrogens with one attached hydrogen (secondary N) is 1. The summed E-state index contributed by atoms with van der Waals surface area (Å²) in [5.41, 5.74) is 0.713. The molecule has 5 nitrogen and oxygen atoms in total. The highest BCUT2D eigenvalue weighted by Gasteiger charge is 2.31. The summed E-state index contributed by atoms with van der Waals surface area (Å²) in [5.74, 6) is 0.0767. The fourth-order valence-electron chi connectivity index (χ4n) is 4.06. The van der Waals surface area contributed by atoms with E-state index >= 15 is 0 Å². The third-order valence-corrected chi connectivity index (χ3v) is 6.71. The number of benzene rings is 2. The molecular formula is C25H29Cl3N2O3. The number of nitrogens with zero attached hydrogens (tertiary/aromatic N) is 1. The van der Waals surface area contributed by atoms with Crippen molar-refractivity contribution in [2.45, 2.75) is 64.1 Å². The van der Waals surface area contributed by atoms with Crippen molar-refractivity contribution in [3.05, 3.63) is 63.1 Å². The summed E-state index contributed by atoms with van der Waals surface area (Å²) in [6.07, 6.45) is 5.83. The molecule has 1 saturated carbocycles. The minimum atomic E-state index is -0.639. The van der Waals surface area contributed by atoms with Crippen LogP contribution in [0.4, 0.5) is 0 Å². The van der Waals surface area contributed by atoms with Gasteiger partial charge >= 0.3 is 0 Å². The molecule has 0 heterocycles. The Labute approximate surface area is 210 Å². The van der Waals surface area contributed by atoms with Gasteiger partial charge in [0.15, 0.2) is 6.61 Å². The van der Waals surface area contributed by atoms with Gasteiger partial charge in [0, 0.05) is 27.7 Å². The Hall–Kier alpha value is -1.95. The van der Waals surface area contributed by atoms with E-state index in [1.807, 2.05) is 6.92 Å². The molecule has 2 aromatic carbocycles. The molecule has 0 radical (unpaired) electrons. The van der Waals surface area contributed by atoms with Crippen LogP contribution in [0.1, 0.15) is 51.0 Å². The number of carbonyl (C=O) groups excluding carboxylic acids is 2. The minimum Gasteiger partial charge on any atom is -0.484 e. The zero-order valence-electron chi connectivity index (χ0n) is 18.7. The summed E-state index contributed by atoms with van der Waals surface area (Å²) >= 11 is 18.3. The van der Waals surface area contributed by atoms with E-state index in [-0.39, 0.29) is 31.0 Å². The van der Waals surface area contributed by atoms with Crippen LogP contribution in [-0.2, 0) is 16.1 Å². The van der Waals surface area contributed by atoms with Gasteiger partial charge in [-0.1, -0.05) is 67.1 Å². The van der Waals surface area contributed by atoms with E-state index in [1.165, 1.54) is 6.42 Å². The minimum absolute atomic E-state index is 0.144. The highest BCUT2D eigenvalue weighted by atomic mass is 35.5. The molecule has 0 unspecified atom stereocenters. The second-order valence-electron chi connectivity index (χ2n) is 8.27. The highest BCUT2D eigenvalue weighted by molar-refractivity contribution is 6.35. The number of ether oxygens (including phenoxy) is 1. The summed E-state index contributed by atoms with van der Waals surface area (Å²) in [6, 6.07) is 11.4. The Morgan fingerprint density at radius 2 is 1.70 bits per heavy atom. The van der Waals surface area contributed by atoms with Crippen molar-refractivity contribution in [3.8, 4) is 5.75 Å². The van der Waals surface area contributed by atoms with E-state index in [1.54, 1.807) is 47.4 Å². The number of halogens is 3. The molecular weight excluding hydrogens is 483 g/mol. The van der Waals surface area contributed by atoms with Crippen LogP contribution in [0.15, 0.2) is 42.5 Å². The zero-order chi connectivity index (χ0) is 23.8. The molecule has 0 aliphatic heterocycles. The second-order valence-corrected chi connectivity index (χ2v) is 9.55. The first-order valence-corrected chi connectivity index (χ1v) is 12.4. The number of hydrogen-bond donors (Lipinski definition) is 1. The zero-order valence-corrected chi connectivity index (χ0v) is 20.9. The lowest BCUT2D eigenvalue weighted by Gasteiger charge is -2.33. The SMILES string of the molecule is CC[C@@H](C(=O)NC1CCCCC1)N(Cc1ccc(Cl)cc1Cl)C(=O)COc1ccc(Cl)cc1. The Kier molecular flexibility index (Phi) is 9.72. The van der Waals surface area contributed by atoms with Gasteiger partial charge in [0.1, 0.15) is 11.8 Å². The Morgan fingerprint density at radius 1 is 1.03 bits per heavy atom. The lowest BCUT2D eigenvalue weighted by molar-refractivity contribution is -0.143. The first kappa shape index (κ1) is 25.7. The molecule has 33 heavy (non-hydrogen) atoms. The van der Waals surface area contributed by atoms with Gasteiger partial charge < -0.3 is 15.0 Å². The molecule has 0 bridgehead atoms. The van der Waals surface area contributed by atoms with Crippen LogP contribution >= 0.6 is 34.8 Å². The molecule has 0 saturated heterocycles. The lowest BCUT2D eigenvalue weighted by atomic mass is 9.95. The molecule has 0 aromatic heterocycles. The quantitative estimate of drug-likeness (QED) is 0.431. The number of rotatable bonds is 9. The van der Waals surface area contributed by atoms with E-state index in [4.69, 9.17) is 39.5 Å². The molecule has 1 aliphatic rings. The summed E-state index contributed by atoms with van der Waals surface area (Å²) in [5, 5.41) is 4.69. The molecule has 2 amide bonds. The Morgan fingerprint density at radius 3 is 2.33 bits per heavy atom. The number of hydrogen-bond acceptors (Lipinski definition) is 3. The summed E-state index contributed by atoms with van der Waals surface area (Å²) in [6.45, 7) is 1.87. The Balaban J connectivity index is 1.77. The van der Waals surface area contributed by atoms with Crippen LogP contribution in [0.2, 0.25) is 15.1 Å². The fraction of sp³-hybridized carbons (Fsp3) is 0.440. The van der Waals surface area contributed by atoms with Gasteiger partial charge in [0.25, 0.3) is 5.91 Å². The molecule has 2 aromatic rings. The van der Waals surface area contributed by atoms with Crippen molar-refractivity contribution in [3.63, 3.8) is 0 Å². The summed E-state index contributed by atoms with van der Waals surface area (Å²) in [7, 11) is 0. The molecule has 0 spiro atoms. The number of carbonyl (C=O) groups is 2. The van der Waals surface area contributed by atoms with Gasteiger partial charge in [-0.25, -0.2) is 0 Å². The first-order valence-electron chi connectivity index (χ1n) is 11.3. The fourth-order valence-corrected chi connectivity index (χ4v) is 4.65. The standard InChI is InChI=1S/C25H29Cl3N2O3/c1-2-23(25(32)29-20-6-4-3-5-7-20)30(15-17-8-9-19(27)14-22(17)28)24(31)16-33-21-12-10-18(26)11-13-21/h8-14,20,23H,2-7,15-16H2,1H3,(H,29,32)/t23-/m0/s1. The van der Waals surface area contributed by atoms with E-state index < -0.39 is 6.04 Å².